The van der Waals surface area contributed by atoms with E-state index >= 15 is 0 Å². The zero-order valence-electron chi connectivity index (χ0n) is 35.6. The zero-order valence-corrected chi connectivity index (χ0v) is 35.6. The lowest BCUT2D eigenvalue weighted by Crippen LogP contribution is -2.53. The van der Waals surface area contributed by atoms with E-state index in [9.17, 15) is 14.4 Å². The lowest BCUT2D eigenvalue weighted by atomic mass is 9.89. The smallest absolute Gasteiger partial charge is 0.270 e. The number of carbonyl (C=O) groups excluding carboxylic acids is 3. The van der Waals surface area contributed by atoms with Gasteiger partial charge in [-0.2, -0.15) is 4.98 Å². The van der Waals surface area contributed by atoms with Crippen molar-refractivity contribution in [2.24, 2.45) is 0 Å². The maximum atomic E-state index is 13.6. The van der Waals surface area contributed by atoms with Crippen LogP contribution in [0.5, 0.6) is 5.75 Å². The molecule has 9 rings (SSSR count). The molecule has 3 aromatic carbocycles. The normalized spacial score (nSPS) is 19.5. The average Bonchev–Trinajstić information content (AvgIpc) is 3.97. The second kappa shape index (κ2) is 17.6. The van der Waals surface area contributed by atoms with E-state index in [1.165, 1.54) is 29.1 Å². The SMILES string of the molecule is COc1ccc(CN2C(=O)CCC(c3ccc(N4CCC(N5CCN(c6ccc(Nc7ncc8cc(C(=O)N(C)C)n(C9CCCC9)c8n7)cc6)CC5)CC4)cc3)C2=O)cc1. The number of benzene rings is 3. The maximum Gasteiger partial charge on any atom is 0.270 e. The van der Waals surface area contributed by atoms with Gasteiger partial charge in [0.25, 0.3) is 5.91 Å². The van der Waals surface area contributed by atoms with Crippen LogP contribution in [-0.4, -0.2) is 113 Å². The Hall–Kier alpha value is -5.95. The predicted molar refractivity (Wildman–Crippen MR) is 239 cm³/mol. The number of rotatable bonds is 11. The largest absolute Gasteiger partial charge is 0.497 e. The molecule has 1 N–H and O–H groups in total. The number of nitrogens with one attached hydrogen (secondary N) is 1. The molecule has 2 aromatic heterocycles. The van der Waals surface area contributed by atoms with E-state index in [1.807, 2.05) is 36.5 Å². The first-order valence-electron chi connectivity index (χ1n) is 22.0. The molecule has 0 bridgehead atoms. The fourth-order valence-corrected chi connectivity index (χ4v) is 9.86. The summed E-state index contributed by atoms with van der Waals surface area (Å²) in [4.78, 5) is 59.7. The number of piperazine rings is 1. The minimum absolute atomic E-state index is 0.00828. The summed E-state index contributed by atoms with van der Waals surface area (Å²) in [6, 6.07) is 27.3. The molecule has 1 atom stereocenters. The fourth-order valence-electron chi connectivity index (χ4n) is 9.86. The number of anilines is 4. The molecule has 3 saturated heterocycles. The van der Waals surface area contributed by atoms with E-state index in [1.54, 1.807) is 26.1 Å². The number of hydrogen-bond acceptors (Lipinski definition) is 10. The van der Waals surface area contributed by atoms with Gasteiger partial charge in [-0.15, -0.1) is 0 Å². The van der Waals surface area contributed by atoms with Gasteiger partial charge in [-0.1, -0.05) is 37.1 Å². The van der Waals surface area contributed by atoms with E-state index in [-0.39, 0.29) is 36.2 Å². The fraction of sp³-hybridized carbons (Fsp3) is 0.438. The van der Waals surface area contributed by atoms with Crippen LogP contribution in [0.4, 0.5) is 23.0 Å². The molecule has 3 aliphatic heterocycles. The molecule has 5 aromatic rings. The molecule has 1 saturated carbocycles. The van der Waals surface area contributed by atoms with Gasteiger partial charge in [-0.25, -0.2) is 4.98 Å². The number of imide groups is 1. The molecular weight excluding hydrogens is 767 g/mol. The molecule has 1 aliphatic carbocycles. The molecule has 5 heterocycles. The summed E-state index contributed by atoms with van der Waals surface area (Å²) in [5.74, 6) is 0.734. The summed E-state index contributed by atoms with van der Waals surface area (Å²) >= 11 is 0. The number of nitrogens with zero attached hydrogens (tertiary/aromatic N) is 8. The first kappa shape index (κ1) is 40.5. The van der Waals surface area contributed by atoms with E-state index in [2.05, 4.69) is 78.1 Å². The third-order valence-corrected chi connectivity index (χ3v) is 13.3. The Morgan fingerprint density at radius 1 is 0.787 bits per heavy atom. The highest BCUT2D eigenvalue weighted by Crippen LogP contribution is 2.36. The van der Waals surface area contributed by atoms with Gasteiger partial charge in [-0.05, 0) is 97.8 Å². The summed E-state index contributed by atoms with van der Waals surface area (Å²) in [5.41, 5.74) is 6.71. The molecule has 318 valence electrons. The Kier molecular flexibility index (Phi) is 11.7. The standard InChI is InChI=1S/C48H57N9O4/c1-52(2)47(60)43-30-35-31-49-48(51-45(35)57(43)40-6-4-5-7-40)50-36-12-16-38(17-13-36)54-26-28-55(29-27-54)39-22-24-53(25-23-39)37-14-10-34(11-15-37)42-20-21-44(58)56(46(42)59)32-33-8-18-41(61-3)19-9-33/h8-19,30-31,39-40,42H,4-7,20-29,32H2,1-3H3,(H,49,50,51). The molecule has 13 nitrogen and oxygen atoms in total. The van der Waals surface area contributed by atoms with Crippen LogP contribution in [0, 0.1) is 0 Å². The summed E-state index contributed by atoms with van der Waals surface area (Å²) in [7, 11) is 5.21. The molecule has 13 heteroatoms. The quantitative estimate of drug-likeness (QED) is 0.137. The minimum Gasteiger partial charge on any atom is -0.497 e. The predicted octanol–water partition coefficient (Wildman–Crippen LogP) is 7.22. The number of amides is 3. The number of ether oxygens (including phenoxy) is 1. The van der Waals surface area contributed by atoms with Crippen LogP contribution in [0.1, 0.15) is 84.9 Å². The topological polar surface area (TPSA) is 119 Å². The van der Waals surface area contributed by atoms with Crippen molar-refractivity contribution < 1.29 is 19.1 Å². The first-order valence-corrected chi connectivity index (χ1v) is 22.0. The Labute approximate surface area is 358 Å². The van der Waals surface area contributed by atoms with Gasteiger partial charge < -0.3 is 29.3 Å². The number of aromatic nitrogens is 3. The molecule has 0 spiro atoms. The molecular formula is C48H57N9O4. The zero-order chi connectivity index (χ0) is 42.0. The van der Waals surface area contributed by atoms with E-state index in [4.69, 9.17) is 9.72 Å². The highest BCUT2D eigenvalue weighted by molar-refractivity contribution is 6.01. The third-order valence-electron chi connectivity index (χ3n) is 13.3. The van der Waals surface area contributed by atoms with Crippen molar-refractivity contribution >= 4 is 51.8 Å². The number of carbonyl (C=O) groups is 3. The number of methoxy groups -OCH3 is 1. The first-order chi connectivity index (χ1) is 29.7. The Morgan fingerprint density at radius 3 is 2.10 bits per heavy atom. The van der Waals surface area contributed by atoms with Gasteiger partial charge in [0.2, 0.25) is 17.8 Å². The summed E-state index contributed by atoms with van der Waals surface area (Å²) < 4.78 is 7.40. The number of likely N-dealkylation sites (tertiary alicyclic amines) is 1. The van der Waals surface area contributed by atoms with Crippen LogP contribution in [-0.2, 0) is 16.1 Å². The number of fused-ring (bicyclic) bond motifs is 1. The summed E-state index contributed by atoms with van der Waals surface area (Å²) in [5, 5.41) is 4.30. The van der Waals surface area contributed by atoms with Gasteiger partial charge >= 0.3 is 0 Å². The van der Waals surface area contributed by atoms with E-state index in [0.717, 1.165) is 98.5 Å². The lowest BCUT2D eigenvalue weighted by Gasteiger charge is -2.44. The van der Waals surface area contributed by atoms with Gasteiger partial charge in [-0.3, -0.25) is 24.2 Å². The monoisotopic (exact) mass is 823 g/mol. The number of hydrogen-bond donors (Lipinski definition) is 1. The lowest BCUT2D eigenvalue weighted by molar-refractivity contribution is -0.150. The molecule has 4 aliphatic rings. The van der Waals surface area contributed by atoms with Crippen molar-refractivity contribution in [2.75, 3.05) is 75.6 Å². The average molecular weight is 824 g/mol. The van der Waals surface area contributed by atoms with Crippen molar-refractivity contribution in [3.05, 3.63) is 102 Å². The third kappa shape index (κ3) is 8.53. The van der Waals surface area contributed by atoms with Crippen LogP contribution in [0.3, 0.4) is 0 Å². The minimum atomic E-state index is -0.309. The molecule has 1 unspecified atom stereocenters. The molecule has 4 fully saturated rings. The Morgan fingerprint density at radius 2 is 1.44 bits per heavy atom. The van der Waals surface area contributed by atoms with Gasteiger partial charge in [0.15, 0.2) is 0 Å². The molecule has 0 radical (unpaired) electrons. The van der Waals surface area contributed by atoms with Crippen LogP contribution in [0.15, 0.2) is 85.1 Å². The summed E-state index contributed by atoms with van der Waals surface area (Å²) in [6.45, 7) is 6.35. The van der Waals surface area contributed by atoms with Crippen molar-refractivity contribution in [3.8, 4) is 5.75 Å². The van der Waals surface area contributed by atoms with Crippen LogP contribution in [0.2, 0.25) is 0 Å². The second-order valence-corrected chi connectivity index (χ2v) is 17.3. The Bertz CT molecular complexity index is 2340. The molecule has 61 heavy (non-hydrogen) atoms. The number of piperidine rings is 2. The van der Waals surface area contributed by atoms with Gasteiger partial charge in [0.1, 0.15) is 17.1 Å². The Balaban J connectivity index is 0.755. The van der Waals surface area contributed by atoms with Crippen molar-refractivity contribution in [3.63, 3.8) is 0 Å². The van der Waals surface area contributed by atoms with E-state index < -0.39 is 0 Å². The highest BCUT2D eigenvalue weighted by Gasteiger charge is 2.36. The van der Waals surface area contributed by atoms with Crippen LogP contribution in [0.25, 0.3) is 11.0 Å². The van der Waals surface area contributed by atoms with Crippen molar-refractivity contribution in [2.45, 2.75) is 75.9 Å². The van der Waals surface area contributed by atoms with Crippen LogP contribution >= 0.6 is 0 Å². The van der Waals surface area contributed by atoms with Crippen LogP contribution < -0.4 is 19.9 Å². The second-order valence-electron chi connectivity index (χ2n) is 17.3. The van der Waals surface area contributed by atoms with E-state index in [0.29, 0.717) is 30.5 Å². The van der Waals surface area contributed by atoms with Gasteiger partial charge in [0.05, 0.1) is 19.6 Å². The van der Waals surface area contributed by atoms with Gasteiger partial charge in [0, 0.05) is 101 Å². The maximum absolute atomic E-state index is 13.6. The highest BCUT2D eigenvalue weighted by atomic mass is 16.5. The summed E-state index contributed by atoms with van der Waals surface area (Å²) in [6.07, 6.45) is 9.43. The van der Waals surface area contributed by atoms with Crippen molar-refractivity contribution in [1.29, 1.82) is 0 Å². The molecule has 3 amide bonds. The van der Waals surface area contributed by atoms with Crippen molar-refractivity contribution in [1.82, 2.24) is 29.2 Å².